The summed E-state index contributed by atoms with van der Waals surface area (Å²) >= 11 is 0. The number of nitrogens with two attached hydrogens (primary N) is 1. The van der Waals surface area contributed by atoms with Crippen molar-refractivity contribution in [3.63, 3.8) is 0 Å². The van der Waals surface area contributed by atoms with Crippen LogP contribution < -0.4 is 16.4 Å². The lowest BCUT2D eigenvalue weighted by Gasteiger charge is -2.11. The molecule has 0 radical (unpaired) electrons. The van der Waals surface area contributed by atoms with Crippen LogP contribution in [0.3, 0.4) is 0 Å². The summed E-state index contributed by atoms with van der Waals surface area (Å²) in [5.41, 5.74) is 13.7. The second kappa shape index (κ2) is 13.8. The maximum atomic E-state index is 12.8. The molecule has 2 aromatic rings. The third-order valence-electron chi connectivity index (χ3n) is 5.51. The SMILES string of the molecule is C=C\C=C(/N=C(\C=C(/N)C(=O)Nc1ccc(C(=C)NCCC)cc1)CCC)c1ccc(C)c(C)c1. The molecule has 4 N–H and O–H groups in total. The lowest BCUT2D eigenvalue weighted by atomic mass is 10.0. The molecule has 2 rings (SSSR count). The van der Waals surface area contributed by atoms with Crippen LogP contribution in [-0.2, 0) is 4.79 Å². The van der Waals surface area contributed by atoms with Gasteiger partial charge in [-0.25, -0.2) is 0 Å². The van der Waals surface area contributed by atoms with Crippen molar-refractivity contribution in [3.8, 4) is 0 Å². The molecular weight excluding hydrogens is 432 g/mol. The zero-order valence-corrected chi connectivity index (χ0v) is 21.4. The molecule has 2 aromatic carbocycles. The monoisotopic (exact) mass is 470 g/mol. The number of rotatable bonds is 12. The van der Waals surface area contributed by atoms with Crippen LogP contribution in [0, 0.1) is 13.8 Å². The highest BCUT2D eigenvalue weighted by atomic mass is 16.2. The molecule has 0 atom stereocenters. The first-order valence-electron chi connectivity index (χ1n) is 12.1. The van der Waals surface area contributed by atoms with E-state index in [0.717, 1.165) is 47.6 Å². The number of amides is 1. The summed E-state index contributed by atoms with van der Waals surface area (Å²) in [6.45, 7) is 17.1. The number of aliphatic imine (C=N–C) groups is 1. The number of hydrogen-bond acceptors (Lipinski definition) is 4. The summed E-state index contributed by atoms with van der Waals surface area (Å²) in [5, 5.41) is 6.12. The van der Waals surface area contributed by atoms with E-state index in [1.165, 1.54) is 11.1 Å². The third kappa shape index (κ3) is 8.45. The van der Waals surface area contributed by atoms with Crippen molar-refractivity contribution in [2.45, 2.75) is 47.0 Å². The van der Waals surface area contributed by atoms with E-state index >= 15 is 0 Å². The Balaban J connectivity index is 2.22. The summed E-state index contributed by atoms with van der Waals surface area (Å²) in [6, 6.07) is 13.7. The average molecular weight is 471 g/mol. The molecule has 0 spiro atoms. The Morgan fingerprint density at radius 2 is 1.71 bits per heavy atom. The fraction of sp³-hybridized carbons (Fsp3) is 0.267. The Bertz CT molecular complexity index is 1140. The number of carbonyl (C=O) groups excluding carboxylic acids is 1. The molecule has 0 heterocycles. The second-order valence-corrected chi connectivity index (χ2v) is 8.48. The number of allylic oxidation sites excluding steroid dienone is 3. The molecule has 0 aromatic heterocycles. The van der Waals surface area contributed by atoms with E-state index in [4.69, 9.17) is 10.7 Å². The normalized spacial score (nSPS) is 12.3. The molecule has 0 aliphatic rings. The van der Waals surface area contributed by atoms with Gasteiger partial charge in [0.25, 0.3) is 5.91 Å². The Kier molecular flexibility index (Phi) is 10.8. The van der Waals surface area contributed by atoms with Gasteiger partial charge in [-0.15, -0.1) is 0 Å². The van der Waals surface area contributed by atoms with Crippen LogP contribution in [0.1, 0.15) is 55.4 Å². The second-order valence-electron chi connectivity index (χ2n) is 8.48. The number of hydrogen-bond donors (Lipinski definition) is 3. The molecule has 0 aliphatic heterocycles. The van der Waals surface area contributed by atoms with Gasteiger partial charge in [-0.3, -0.25) is 9.79 Å². The summed E-state index contributed by atoms with van der Waals surface area (Å²) in [5.74, 6) is -0.370. The predicted octanol–water partition coefficient (Wildman–Crippen LogP) is 6.52. The highest BCUT2D eigenvalue weighted by molar-refractivity contribution is 6.09. The van der Waals surface area contributed by atoms with Crippen LogP contribution in [0.5, 0.6) is 0 Å². The molecule has 184 valence electrons. The zero-order chi connectivity index (χ0) is 25.8. The Morgan fingerprint density at radius 1 is 1.03 bits per heavy atom. The van der Waals surface area contributed by atoms with E-state index in [2.05, 4.69) is 63.6 Å². The van der Waals surface area contributed by atoms with Gasteiger partial charge < -0.3 is 16.4 Å². The number of carbonyl (C=O) groups is 1. The lowest BCUT2D eigenvalue weighted by Crippen LogP contribution is -2.21. The van der Waals surface area contributed by atoms with E-state index in [9.17, 15) is 4.79 Å². The van der Waals surface area contributed by atoms with Crippen LogP contribution in [0.15, 0.2) is 84.5 Å². The van der Waals surface area contributed by atoms with Crippen LogP contribution in [0.4, 0.5) is 5.69 Å². The molecule has 0 saturated heterocycles. The van der Waals surface area contributed by atoms with E-state index in [-0.39, 0.29) is 11.6 Å². The van der Waals surface area contributed by atoms with Crippen molar-refractivity contribution in [3.05, 3.63) is 102 Å². The van der Waals surface area contributed by atoms with Gasteiger partial charge in [-0.2, -0.15) is 0 Å². The standard InChI is InChI=1S/C30H38N4O/c1-7-10-27(33-29(11-8-2)25-13-12-21(4)22(5)19-25)20-28(31)30(35)34-26-16-14-24(15-17-26)23(6)32-18-9-3/h8,11-17,19-20,32H,2,6-7,9-10,18,31H2,1,3-5H3,(H,34,35)/b28-20-,29-11-,33-27-. The molecule has 35 heavy (non-hydrogen) atoms. The van der Waals surface area contributed by atoms with Crippen LogP contribution >= 0.6 is 0 Å². The van der Waals surface area contributed by atoms with Crippen molar-refractivity contribution in [1.29, 1.82) is 0 Å². The highest BCUT2D eigenvalue weighted by Crippen LogP contribution is 2.21. The number of nitrogens with zero attached hydrogens (tertiary/aromatic N) is 1. The van der Waals surface area contributed by atoms with Gasteiger partial charge in [0.1, 0.15) is 0 Å². The Morgan fingerprint density at radius 3 is 2.31 bits per heavy atom. The maximum Gasteiger partial charge on any atom is 0.271 e. The smallest absolute Gasteiger partial charge is 0.271 e. The zero-order valence-electron chi connectivity index (χ0n) is 21.4. The fourth-order valence-electron chi connectivity index (χ4n) is 3.36. The minimum absolute atomic E-state index is 0.105. The lowest BCUT2D eigenvalue weighted by molar-refractivity contribution is -0.112. The van der Waals surface area contributed by atoms with Crippen molar-refractivity contribution in [1.82, 2.24) is 5.32 Å². The van der Waals surface area contributed by atoms with Gasteiger partial charge in [0.2, 0.25) is 0 Å². The third-order valence-corrected chi connectivity index (χ3v) is 5.51. The van der Waals surface area contributed by atoms with Crippen LogP contribution in [0.2, 0.25) is 0 Å². The van der Waals surface area contributed by atoms with E-state index < -0.39 is 0 Å². The van der Waals surface area contributed by atoms with Crippen LogP contribution in [-0.4, -0.2) is 18.2 Å². The highest BCUT2D eigenvalue weighted by Gasteiger charge is 2.10. The van der Waals surface area contributed by atoms with Gasteiger partial charge >= 0.3 is 0 Å². The van der Waals surface area contributed by atoms with E-state index in [0.29, 0.717) is 12.1 Å². The Labute approximate surface area is 210 Å². The fourth-order valence-corrected chi connectivity index (χ4v) is 3.36. The van der Waals surface area contributed by atoms with E-state index in [1.54, 1.807) is 12.2 Å². The first kappa shape index (κ1) is 27.4. The topological polar surface area (TPSA) is 79.5 Å². The van der Waals surface area contributed by atoms with Crippen molar-refractivity contribution >= 4 is 28.7 Å². The number of aryl methyl sites for hydroxylation is 2. The minimum Gasteiger partial charge on any atom is -0.394 e. The van der Waals surface area contributed by atoms with Crippen molar-refractivity contribution in [2.75, 3.05) is 11.9 Å². The van der Waals surface area contributed by atoms with E-state index in [1.807, 2.05) is 36.4 Å². The van der Waals surface area contributed by atoms with Gasteiger partial charge in [0, 0.05) is 29.2 Å². The summed E-state index contributed by atoms with van der Waals surface area (Å²) in [6.07, 6.45) is 7.83. The summed E-state index contributed by atoms with van der Waals surface area (Å²) < 4.78 is 0. The number of benzene rings is 2. The van der Waals surface area contributed by atoms with Gasteiger partial charge in [0.15, 0.2) is 0 Å². The molecule has 0 fully saturated rings. The van der Waals surface area contributed by atoms with Gasteiger partial charge in [0.05, 0.1) is 11.4 Å². The quantitative estimate of drug-likeness (QED) is 0.188. The minimum atomic E-state index is -0.370. The molecule has 0 unspecified atom stereocenters. The molecule has 1 amide bonds. The van der Waals surface area contributed by atoms with Crippen LogP contribution in [0.25, 0.3) is 11.4 Å². The summed E-state index contributed by atoms with van der Waals surface area (Å²) in [7, 11) is 0. The average Bonchev–Trinajstić information content (AvgIpc) is 2.84. The molecular formula is C30H38N4O. The van der Waals surface area contributed by atoms with Crippen molar-refractivity contribution in [2.24, 2.45) is 10.7 Å². The molecule has 0 bridgehead atoms. The predicted molar refractivity (Wildman–Crippen MR) is 151 cm³/mol. The molecule has 5 heteroatoms. The molecule has 0 saturated carbocycles. The van der Waals surface area contributed by atoms with Gasteiger partial charge in [-0.1, -0.05) is 63.8 Å². The Hall–Kier alpha value is -3.86. The maximum absolute atomic E-state index is 12.8. The first-order chi connectivity index (χ1) is 16.8. The first-order valence-corrected chi connectivity index (χ1v) is 12.1. The molecule has 0 aliphatic carbocycles. The molecule has 5 nitrogen and oxygen atoms in total. The number of nitrogens with one attached hydrogen (secondary N) is 2. The van der Waals surface area contributed by atoms with Gasteiger partial charge in [-0.05, 0) is 73.7 Å². The largest absolute Gasteiger partial charge is 0.394 e. The van der Waals surface area contributed by atoms with Crippen molar-refractivity contribution < 1.29 is 4.79 Å². The summed E-state index contributed by atoms with van der Waals surface area (Å²) in [4.78, 5) is 17.6. The number of anilines is 1.